The minimum absolute atomic E-state index is 0.0546. The van der Waals surface area contributed by atoms with Crippen molar-refractivity contribution in [2.75, 3.05) is 25.4 Å². The smallest absolute Gasteiger partial charge is 0.216 e. The molecule has 4 nitrogen and oxygen atoms in total. The van der Waals surface area contributed by atoms with Gasteiger partial charge in [-0.25, -0.2) is 0 Å². The first-order valence-electron chi connectivity index (χ1n) is 7.05. The lowest BCUT2D eigenvalue weighted by Crippen LogP contribution is -2.37. The molecule has 1 aromatic carbocycles. The second-order valence-electron chi connectivity index (χ2n) is 5.51. The van der Waals surface area contributed by atoms with Gasteiger partial charge in [0.1, 0.15) is 0 Å². The lowest BCUT2D eigenvalue weighted by Gasteiger charge is -2.32. The molecule has 0 atom stereocenters. The Morgan fingerprint density at radius 2 is 2.15 bits per heavy atom. The van der Waals surface area contributed by atoms with Gasteiger partial charge >= 0.3 is 0 Å². The number of nitrogens with one attached hydrogen (secondary N) is 1. The van der Waals surface area contributed by atoms with Crippen molar-refractivity contribution in [3.05, 3.63) is 28.8 Å². The number of halogens is 1. The lowest BCUT2D eigenvalue weighted by molar-refractivity contribution is -0.119. The maximum Gasteiger partial charge on any atom is 0.216 e. The van der Waals surface area contributed by atoms with Gasteiger partial charge in [0.25, 0.3) is 0 Å². The highest BCUT2D eigenvalue weighted by Gasteiger charge is 2.19. The fraction of sp³-hybridized carbons (Fsp3) is 0.533. The Morgan fingerprint density at radius 1 is 1.45 bits per heavy atom. The number of hydrogen-bond acceptors (Lipinski definition) is 3. The third-order valence-corrected chi connectivity index (χ3v) is 4.18. The summed E-state index contributed by atoms with van der Waals surface area (Å²) in [6, 6.07) is 5.63. The first-order valence-corrected chi connectivity index (χ1v) is 7.43. The van der Waals surface area contributed by atoms with Crippen molar-refractivity contribution in [3.63, 3.8) is 0 Å². The summed E-state index contributed by atoms with van der Waals surface area (Å²) in [4.78, 5) is 13.3. The molecule has 0 aliphatic carbocycles. The highest BCUT2D eigenvalue weighted by molar-refractivity contribution is 6.31. The van der Waals surface area contributed by atoms with Crippen molar-refractivity contribution in [1.82, 2.24) is 10.2 Å². The fourth-order valence-electron chi connectivity index (χ4n) is 2.59. The van der Waals surface area contributed by atoms with Crippen LogP contribution in [0.25, 0.3) is 0 Å². The van der Waals surface area contributed by atoms with E-state index < -0.39 is 0 Å². The molecule has 0 spiro atoms. The van der Waals surface area contributed by atoms with Gasteiger partial charge in [0.15, 0.2) is 0 Å². The van der Waals surface area contributed by atoms with Crippen LogP contribution in [0.2, 0.25) is 5.02 Å². The highest BCUT2D eigenvalue weighted by Crippen LogP contribution is 2.23. The van der Waals surface area contributed by atoms with E-state index in [1.165, 1.54) is 0 Å². The van der Waals surface area contributed by atoms with Crippen LogP contribution in [0, 0.1) is 5.92 Å². The summed E-state index contributed by atoms with van der Waals surface area (Å²) in [6.07, 6.45) is 2.22. The number of benzene rings is 1. The lowest BCUT2D eigenvalue weighted by atomic mass is 9.96. The Hall–Kier alpha value is -1.26. The topological polar surface area (TPSA) is 58.4 Å². The van der Waals surface area contributed by atoms with E-state index in [1.807, 2.05) is 18.2 Å². The Bertz CT molecular complexity index is 470. The van der Waals surface area contributed by atoms with E-state index in [2.05, 4.69) is 10.2 Å². The van der Waals surface area contributed by atoms with Crippen LogP contribution in [0.1, 0.15) is 25.3 Å². The molecule has 1 amide bonds. The molecule has 2 rings (SSSR count). The molecule has 0 unspecified atom stereocenters. The first kappa shape index (κ1) is 15.1. The molecule has 1 heterocycles. The summed E-state index contributed by atoms with van der Waals surface area (Å²) in [6.45, 7) is 5.28. The summed E-state index contributed by atoms with van der Waals surface area (Å²) in [7, 11) is 0. The molecule has 1 aliphatic heterocycles. The maximum atomic E-state index is 10.9. The summed E-state index contributed by atoms with van der Waals surface area (Å²) in [5.41, 5.74) is 7.65. The molecular weight excluding hydrogens is 274 g/mol. The van der Waals surface area contributed by atoms with Crippen molar-refractivity contribution in [2.45, 2.75) is 26.3 Å². The molecule has 1 aliphatic rings. The molecule has 5 heteroatoms. The van der Waals surface area contributed by atoms with Crippen LogP contribution in [0.4, 0.5) is 5.69 Å². The monoisotopic (exact) mass is 295 g/mol. The summed E-state index contributed by atoms with van der Waals surface area (Å²) < 4.78 is 0. The van der Waals surface area contributed by atoms with Crippen molar-refractivity contribution < 1.29 is 4.79 Å². The number of rotatable bonds is 4. The molecule has 1 aromatic rings. The van der Waals surface area contributed by atoms with E-state index in [9.17, 15) is 4.79 Å². The molecular formula is C15H22ClN3O. The van der Waals surface area contributed by atoms with Crippen LogP contribution in [-0.2, 0) is 11.3 Å². The van der Waals surface area contributed by atoms with Gasteiger partial charge in [-0.15, -0.1) is 0 Å². The molecule has 0 bridgehead atoms. The van der Waals surface area contributed by atoms with Crippen molar-refractivity contribution >= 4 is 23.2 Å². The second kappa shape index (κ2) is 6.95. The van der Waals surface area contributed by atoms with Gasteiger partial charge in [0.2, 0.25) is 5.91 Å². The third kappa shape index (κ3) is 4.39. The Morgan fingerprint density at radius 3 is 2.80 bits per heavy atom. The minimum atomic E-state index is 0.0546. The number of nitrogen functional groups attached to an aromatic ring is 1. The van der Waals surface area contributed by atoms with Crippen LogP contribution < -0.4 is 11.1 Å². The van der Waals surface area contributed by atoms with E-state index in [1.54, 1.807) is 6.92 Å². The van der Waals surface area contributed by atoms with Crippen LogP contribution in [0.3, 0.4) is 0 Å². The van der Waals surface area contributed by atoms with Gasteiger partial charge in [0.05, 0.1) is 0 Å². The number of likely N-dealkylation sites (tertiary alicyclic amines) is 1. The zero-order valence-corrected chi connectivity index (χ0v) is 12.6. The normalized spacial score (nSPS) is 17.1. The number of piperidine rings is 1. The van der Waals surface area contributed by atoms with Crippen LogP contribution in [-0.4, -0.2) is 30.4 Å². The zero-order chi connectivity index (χ0) is 14.5. The van der Waals surface area contributed by atoms with E-state index in [4.69, 9.17) is 17.3 Å². The molecule has 1 fully saturated rings. The number of anilines is 1. The van der Waals surface area contributed by atoms with Gasteiger partial charge in [0, 0.05) is 30.7 Å². The van der Waals surface area contributed by atoms with Crippen LogP contribution >= 0.6 is 11.6 Å². The van der Waals surface area contributed by atoms with Gasteiger partial charge in [-0.2, -0.15) is 0 Å². The standard InChI is InChI=1S/C15H22ClN3O/c1-11(20)18-9-12-4-6-19(7-5-12)10-13-8-14(17)2-3-15(13)16/h2-3,8,12H,4-7,9-10,17H2,1H3,(H,18,20). The fourth-order valence-corrected chi connectivity index (χ4v) is 2.77. The number of carbonyl (C=O) groups is 1. The average Bonchev–Trinajstić information content (AvgIpc) is 2.42. The van der Waals surface area contributed by atoms with Crippen molar-refractivity contribution in [3.8, 4) is 0 Å². The number of nitrogens with zero attached hydrogens (tertiary/aromatic N) is 1. The molecule has 3 N–H and O–H groups in total. The number of amides is 1. The molecule has 0 saturated carbocycles. The van der Waals surface area contributed by atoms with Gasteiger partial charge in [-0.05, 0) is 55.6 Å². The second-order valence-corrected chi connectivity index (χ2v) is 5.91. The molecule has 1 saturated heterocycles. The Labute approximate surface area is 125 Å². The van der Waals surface area contributed by atoms with Crippen molar-refractivity contribution in [2.24, 2.45) is 5.92 Å². The number of carbonyl (C=O) groups excluding carboxylic acids is 1. The van der Waals surface area contributed by atoms with E-state index in [0.29, 0.717) is 5.92 Å². The van der Waals surface area contributed by atoms with Gasteiger partial charge < -0.3 is 11.1 Å². The molecule has 110 valence electrons. The van der Waals surface area contributed by atoms with E-state index in [0.717, 1.165) is 55.3 Å². The quantitative estimate of drug-likeness (QED) is 0.838. The molecule has 0 aromatic heterocycles. The maximum absolute atomic E-state index is 10.9. The minimum Gasteiger partial charge on any atom is -0.399 e. The number of nitrogens with two attached hydrogens (primary N) is 1. The highest BCUT2D eigenvalue weighted by atomic mass is 35.5. The Kier molecular flexibility index (Phi) is 5.26. The predicted molar refractivity (Wildman–Crippen MR) is 82.5 cm³/mol. The van der Waals surface area contributed by atoms with Crippen LogP contribution in [0.5, 0.6) is 0 Å². The molecule has 0 radical (unpaired) electrons. The predicted octanol–water partition coefficient (Wildman–Crippen LogP) is 2.27. The largest absolute Gasteiger partial charge is 0.399 e. The average molecular weight is 296 g/mol. The summed E-state index contributed by atoms with van der Waals surface area (Å²) in [5.74, 6) is 0.644. The van der Waals surface area contributed by atoms with E-state index in [-0.39, 0.29) is 5.91 Å². The first-order chi connectivity index (χ1) is 9.54. The SMILES string of the molecule is CC(=O)NCC1CCN(Cc2cc(N)ccc2Cl)CC1. The third-order valence-electron chi connectivity index (χ3n) is 3.81. The van der Waals surface area contributed by atoms with Gasteiger partial charge in [-0.3, -0.25) is 9.69 Å². The van der Waals surface area contributed by atoms with E-state index >= 15 is 0 Å². The number of hydrogen-bond donors (Lipinski definition) is 2. The van der Waals surface area contributed by atoms with Crippen molar-refractivity contribution in [1.29, 1.82) is 0 Å². The summed E-state index contributed by atoms with van der Waals surface area (Å²) >= 11 is 6.20. The Balaban J connectivity index is 1.82. The van der Waals surface area contributed by atoms with Gasteiger partial charge in [-0.1, -0.05) is 11.6 Å². The van der Waals surface area contributed by atoms with Crippen LogP contribution in [0.15, 0.2) is 18.2 Å². The zero-order valence-electron chi connectivity index (χ0n) is 11.9. The summed E-state index contributed by atoms with van der Waals surface area (Å²) in [5, 5.41) is 3.68. The molecule has 20 heavy (non-hydrogen) atoms.